The molecule has 1 amide bonds. The van der Waals surface area contributed by atoms with E-state index in [4.69, 9.17) is 4.74 Å². The zero-order chi connectivity index (χ0) is 19.6. The summed E-state index contributed by atoms with van der Waals surface area (Å²) in [7, 11) is 0. The minimum absolute atomic E-state index is 0.0833. The third kappa shape index (κ3) is 3.59. The zero-order valence-electron chi connectivity index (χ0n) is 15.9. The lowest BCUT2D eigenvalue weighted by Crippen LogP contribution is -2.41. The summed E-state index contributed by atoms with van der Waals surface area (Å²) >= 11 is 0. The van der Waals surface area contributed by atoms with E-state index in [1.54, 1.807) is 0 Å². The molecule has 0 aliphatic carbocycles. The van der Waals surface area contributed by atoms with Crippen LogP contribution in [0.4, 0.5) is 0 Å². The van der Waals surface area contributed by atoms with Crippen LogP contribution in [0.25, 0.3) is 33.5 Å². The number of morpholine rings is 1. The molecule has 0 spiro atoms. The fourth-order valence-electron chi connectivity index (χ4n) is 3.66. The van der Waals surface area contributed by atoms with Crippen LogP contribution >= 0.6 is 0 Å². The van der Waals surface area contributed by atoms with Crippen molar-refractivity contribution in [2.45, 2.75) is 0 Å². The number of nitrogens with zero attached hydrogens (tertiary/aromatic N) is 3. The van der Waals surface area contributed by atoms with Crippen LogP contribution < -0.4 is 5.32 Å². The van der Waals surface area contributed by atoms with Gasteiger partial charge in [0.1, 0.15) is 5.69 Å². The van der Waals surface area contributed by atoms with Crippen LogP contribution in [-0.2, 0) is 4.74 Å². The topological polar surface area (TPSA) is 98.9 Å². The Hall–Kier alpha value is -3.23. The van der Waals surface area contributed by atoms with E-state index < -0.39 is 0 Å². The van der Waals surface area contributed by atoms with Crippen LogP contribution in [0.2, 0.25) is 0 Å². The van der Waals surface area contributed by atoms with E-state index in [1.165, 1.54) is 0 Å². The number of nitrogens with one attached hydrogen (secondary N) is 3. The normalized spacial score (nSPS) is 15.2. The molecular weight excluding hydrogens is 368 g/mol. The lowest BCUT2D eigenvalue weighted by Gasteiger charge is -2.26. The molecule has 8 nitrogen and oxygen atoms in total. The zero-order valence-corrected chi connectivity index (χ0v) is 15.9. The molecule has 1 fully saturated rings. The van der Waals surface area contributed by atoms with E-state index in [-0.39, 0.29) is 5.91 Å². The Bertz CT molecular complexity index is 1130. The van der Waals surface area contributed by atoms with E-state index in [0.29, 0.717) is 17.9 Å². The van der Waals surface area contributed by atoms with Gasteiger partial charge in [-0.25, -0.2) is 4.98 Å². The average Bonchev–Trinajstić information content (AvgIpc) is 3.37. The van der Waals surface area contributed by atoms with Gasteiger partial charge in [0.15, 0.2) is 5.82 Å². The van der Waals surface area contributed by atoms with Crippen LogP contribution in [0.5, 0.6) is 0 Å². The van der Waals surface area contributed by atoms with Gasteiger partial charge in [-0.1, -0.05) is 12.1 Å². The summed E-state index contributed by atoms with van der Waals surface area (Å²) in [6.45, 7) is 4.80. The summed E-state index contributed by atoms with van der Waals surface area (Å²) in [5, 5.41) is 11.4. The molecule has 2 aromatic carbocycles. The fourth-order valence-corrected chi connectivity index (χ4v) is 3.66. The molecule has 3 heterocycles. The second-order valence-corrected chi connectivity index (χ2v) is 7.15. The average molecular weight is 390 g/mol. The molecule has 0 bridgehead atoms. The molecule has 1 saturated heterocycles. The number of rotatable bonds is 5. The summed E-state index contributed by atoms with van der Waals surface area (Å²) in [5.74, 6) is 0.625. The molecule has 0 radical (unpaired) electrons. The van der Waals surface area contributed by atoms with Gasteiger partial charge >= 0.3 is 0 Å². The molecule has 3 N–H and O–H groups in total. The number of ether oxygens (including phenoxy) is 1. The quantitative estimate of drug-likeness (QED) is 0.485. The number of H-pyrrole nitrogens is 2. The van der Waals surface area contributed by atoms with Gasteiger partial charge in [0, 0.05) is 37.1 Å². The number of carbonyl (C=O) groups is 1. The van der Waals surface area contributed by atoms with E-state index in [2.05, 4.69) is 30.4 Å². The maximum atomic E-state index is 12.5. The molecule has 1 aliphatic rings. The van der Waals surface area contributed by atoms with Gasteiger partial charge in [-0.3, -0.25) is 14.8 Å². The van der Waals surface area contributed by atoms with Crippen LogP contribution in [0, 0.1) is 0 Å². The van der Waals surface area contributed by atoms with Crippen molar-refractivity contribution < 1.29 is 9.53 Å². The number of hydrogen-bond acceptors (Lipinski definition) is 5. The first-order valence-electron chi connectivity index (χ1n) is 9.79. The SMILES string of the molecule is O=C(NCCN1CCOCC1)c1ccc2c(-c3nc4ccccc4[nH]3)n[nH]c2c1. The first kappa shape index (κ1) is 17.8. The fraction of sp³-hybridized carbons (Fsp3) is 0.286. The van der Waals surface area contributed by atoms with Crippen LogP contribution in [0.15, 0.2) is 42.5 Å². The Balaban J connectivity index is 1.31. The third-order valence-corrected chi connectivity index (χ3v) is 5.26. The predicted octanol–water partition coefficient (Wildman–Crippen LogP) is 2.17. The molecule has 4 aromatic rings. The number of hydrogen-bond donors (Lipinski definition) is 3. The van der Waals surface area contributed by atoms with Crippen LogP contribution in [0.1, 0.15) is 10.4 Å². The third-order valence-electron chi connectivity index (χ3n) is 5.26. The van der Waals surface area contributed by atoms with Crippen molar-refractivity contribution >= 4 is 27.8 Å². The molecule has 1 aliphatic heterocycles. The lowest BCUT2D eigenvalue weighted by atomic mass is 10.1. The van der Waals surface area contributed by atoms with Gasteiger partial charge in [-0.15, -0.1) is 0 Å². The number of amides is 1. The van der Waals surface area contributed by atoms with Gasteiger partial charge in [-0.2, -0.15) is 5.10 Å². The minimum atomic E-state index is -0.0833. The van der Waals surface area contributed by atoms with Gasteiger partial charge in [0.05, 0.1) is 29.8 Å². The summed E-state index contributed by atoms with van der Waals surface area (Å²) in [5.41, 5.74) is 4.03. The second kappa shape index (κ2) is 7.65. The highest BCUT2D eigenvalue weighted by Gasteiger charge is 2.15. The summed E-state index contributed by atoms with van der Waals surface area (Å²) < 4.78 is 5.34. The Kier molecular flexibility index (Phi) is 4.71. The number of carbonyl (C=O) groups excluding carboxylic acids is 1. The number of para-hydroxylation sites is 2. The van der Waals surface area contributed by atoms with Gasteiger partial charge in [0.2, 0.25) is 0 Å². The van der Waals surface area contributed by atoms with E-state index in [0.717, 1.165) is 60.5 Å². The Morgan fingerprint density at radius 1 is 1.14 bits per heavy atom. The summed E-state index contributed by atoms with van der Waals surface area (Å²) in [4.78, 5) is 22.7. The summed E-state index contributed by atoms with van der Waals surface area (Å²) in [6, 6.07) is 13.4. The molecule has 5 rings (SSSR count). The van der Waals surface area contributed by atoms with E-state index in [1.807, 2.05) is 42.5 Å². The number of fused-ring (bicyclic) bond motifs is 2. The van der Waals surface area contributed by atoms with Crippen LogP contribution in [0.3, 0.4) is 0 Å². The molecule has 148 valence electrons. The molecule has 0 unspecified atom stereocenters. The Labute approximate surface area is 167 Å². The van der Waals surface area contributed by atoms with Crippen LogP contribution in [-0.4, -0.2) is 70.4 Å². The first-order valence-corrected chi connectivity index (χ1v) is 9.79. The van der Waals surface area contributed by atoms with Gasteiger partial charge < -0.3 is 15.0 Å². The molecule has 0 saturated carbocycles. The first-order chi connectivity index (χ1) is 14.3. The maximum absolute atomic E-state index is 12.5. The smallest absolute Gasteiger partial charge is 0.251 e. The number of imidazole rings is 1. The molecule has 0 atom stereocenters. The van der Waals surface area contributed by atoms with Gasteiger partial charge in [-0.05, 0) is 30.3 Å². The lowest BCUT2D eigenvalue weighted by molar-refractivity contribution is 0.0383. The number of aromatic nitrogens is 4. The van der Waals surface area contributed by atoms with E-state index >= 15 is 0 Å². The van der Waals surface area contributed by atoms with Crippen molar-refractivity contribution in [3.05, 3.63) is 48.0 Å². The molecular formula is C21H22N6O2. The standard InChI is InChI=1S/C21H22N6O2/c28-21(22-7-8-27-9-11-29-12-10-27)14-5-6-15-18(13-14)25-26-19(15)20-23-16-3-1-2-4-17(16)24-20/h1-6,13H,7-12H2,(H,22,28)(H,23,24)(H,25,26). The monoisotopic (exact) mass is 390 g/mol. The molecule has 29 heavy (non-hydrogen) atoms. The van der Waals surface area contributed by atoms with Crippen molar-refractivity contribution in [1.82, 2.24) is 30.4 Å². The van der Waals surface area contributed by atoms with Gasteiger partial charge in [0.25, 0.3) is 5.91 Å². The van der Waals surface area contributed by atoms with E-state index in [9.17, 15) is 4.79 Å². The highest BCUT2D eigenvalue weighted by molar-refractivity contribution is 6.00. The predicted molar refractivity (Wildman–Crippen MR) is 111 cm³/mol. The summed E-state index contributed by atoms with van der Waals surface area (Å²) in [6.07, 6.45) is 0. The largest absolute Gasteiger partial charge is 0.379 e. The van der Waals surface area contributed by atoms with Crippen molar-refractivity contribution in [3.8, 4) is 11.5 Å². The minimum Gasteiger partial charge on any atom is -0.379 e. The highest BCUT2D eigenvalue weighted by atomic mass is 16.5. The van der Waals surface area contributed by atoms with Crippen molar-refractivity contribution in [2.75, 3.05) is 39.4 Å². The van der Waals surface area contributed by atoms with Crippen molar-refractivity contribution in [2.24, 2.45) is 0 Å². The second-order valence-electron chi connectivity index (χ2n) is 7.15. The molecule has 2 aromatic heterocycles. The Morgan fingerprint density at radius 2 is 2.00 bits per heavy atom. The van der Waals surface area contributed by atoms with Crippen molar-refractivity contribution in [1.29, 1.82) is 0 Å². The maximum Gasteiger partial charge on any atom is 0.251 e. The number of benzene rings is 2. The highest BCUT2D eigenvalue weighted by Crippen LogP contribution is 2.26. The van der Waals surface area contributed by atoms with Crippen molar-refractivity contribution in [3.63, 3.8) is 0 Å². The number of aromatic amines is 2. The Morgan fingerprint density at radius 3 is 2.86 bits per heavy atom. The molecule has 8 heteroatoms.